The minimum absolute atomic E-state index is 0.0801. The van der Waals surface area contributed by atoms with Crippen molar-refractivity contribution in [3.63, 3.8) is 0 Å². The quantitative estimate of drug-likeness (QED) is 0.443. The highest BCUT2D eigenvalue weighted by Gasteiger charge is 2.34. The Morgan fingerprint density at radius 3 is 2.41 bits per heavy atom. The lowest BCUT2D eigenvalue weighted by atomic mass is 9.96. The maximum atomic E-state index is 13.5. The molecule has 1 N–H and O–H groups in total. The molecule has 7 nitrogen and oxygen atoms in total. The van der Waals surface area contributed by atoms with E-state index in [2.05, 4.69) is 10.4 Å². The summed E-state index contributed by atoms with van der Waals surface area (Å²) in [6, 6.07) is 21.9. The molecule has 158 valence electrons. The van der Waals surface area contributed by atoms with Gasteiger partial charge < -0.3 is 5.11 Å². The Labute approximate surface area is 183 Å². The number of benzene rings is 3. The number of hydrogen-bond acceptors (Lipinski definition) is 5. The van der Waals surface area contributed by atoms with E-state index in [4.69, 9.17) is 5.10 Å². The summed E-state index contributed by atoms with van der Waals surface area (Å²) >= 11 is 0. The van der Waals surface area contributed by atoms with Gasteiger partial charge in [-0.3, -0.25) is 0 Å². The molecule has 0 spiro atoms. The molecule has 1 aliphatic rings. The molecule has 0 amide bonds. The van der Waals surface area contributed by atoms with Gasteiger partial charge >= 0.3 is 0 Å². The highest BCUT2D eigenvalue weighted by molar-refractivity contribution is 6.04. The number of nitrogens with zero attached hydrogens (tertiary/aromatic N) is 5. The first kappa shape index (κ1) is 19.6. The molecule has 4 aromatic rings. The minimum atomic E-state index is -0.528. The van der Waals surface area contributed by atoms with Crippen molar-refractivity contribution in [1.82, 2.24) is 14.9 Å². The van der Waals surface area contributed by atoms with E-state index < -0.39 is 6.04 Å². The first-order valence-electron chi connectivity index (χ1n) is 10.0. The van der Waals surface area contributed by atoms with Crippen molar-refractivity contribution in [1.29, 1.82) is 0 Å². The Bertz CT molecular complexity index is 1300. The summed E-state index contributed by atoms with van der Waals surface area (Å²) in [5, 5.41) is 23.5. The molecule has 0 saturated carbocycles. The van der Waals surface area contributed by atoms with Crippen molar-refractivity contribution in [2.24, 2.45) is 10.4 Å². The number of aromatic hydroxyl groups is 1. The number of halogens is 1. The largest absolute Gasteiger partial charge is 0.507 e. The number of phenolic OH excluding ortho intramolecular Hbond substituents is 1. The first-order valence-corrected chi connectivity index (χ1v) is 10.0. The van der Waals surface area contributed by atoms with Gasteiger partial charge in [0.2, 0.25) is 0 Å². The average Bonchev–Trinajstić information content (AvgIpc) is 3.45. The number of aromatic nitrogens is 2. The molecular weight excluding hydrogens is 409 g/mol. The lowest BCUT2D eigenvalue weighted by molar-refractivity contribution is 0.242. The van der Waals surface area contributed by atoms with Crippen molar-refractivity contribution in [3.05, 3.63) is 107 Å². The van der Waals surface area contributed by atoms with Crippen LogP contribution in [0.15, 0.2) is 95.4 Å². The molecule has 0 aliphatic carbocycles. The normalized spacial score (nSPS) is 15.6. The van der Waals surface area contributed by atoms with Crippen LogP contribution in [0.5, 0.6) is 5.75 Å². The maximum Gasteiger partial charge on any atom is 0.124 e. The summed E-state index contributed by atoms with van der Waals surface area (Å²) in [6.07, 6.45) is 2.18. The highest BCUT2D eigenvalue weighted by Crippen LogP contribution is 2.39. The van der Waals surface area contributed by atoms with E-state index in [0.717, 1.165) is 10.8 Å². The van der Waals surface area contributed by atoms with E-state index in [1.165, 1.54) is 12.1 Å². The molecular formula is C24H18FN5O2. The minimum Gasteiger partial charge on any atom is -0.507 e. The Morgan fingerprint density at radius 2 is 1.69 bits per heavy atom. The Hall–Kier alpha value is -4.33. The smallest absolute Gasteiger partial charge is 0.124 e. The van der Waals surface area contributed by atoms with Gasteiger partial charge in [0.15, 0.2) is 0 Å². The molecule has 2 heterocycles. The monoisotopic (exact) mass is 427 g/mol. The third-order valence-electron chi connectivity index (χ3n) is 5.43. The molecule has 3 aromatic carbocycles. The second kappa shape index (κ2) is 8.07. The Balaban J connectivity index is 1.60. The maximum absolute atomic E-state index is 13.5. The van der Waals surface area contributed by atoms with Gasteiger partial charge in [0.1, 0.15) is 17.6 Å². The van der Waals surface area contributed by atoms with Crippen LogP contribution in [0.1, 0.15) is 23.6 Å². The van der Waals surface area contributed by atoms with E-state index in [0.29, 0.717) is 34.5 Å². The number of rotatable bonds is 5. The predicted molar refractivity (Wildman–Crippen MR) is 119 cm³/mol. The highest BCUT2D eigenvalue weighted by atomic mass is 19.1. The molecule has 5 rings (SSSR count). The molecule has 1 atom stereocenters. The van der Waals surface area contributed by atoms with Gasteiger partial charge in [-0.1, -0.05) is 30.3 Å². The van der Waals surface area contributed by atoms with Crippen LogP contribution < -0.4 is 0 Å². The fraction of sp³-hybridized carbons (Fsp3) is 0.0833. The lowest BCUT2D eigenvalue weighted by Gasteiger charge is -2.15. The summed E-state index contributed by atoms with van der Waals surface area (Å²) in [5.74, 6) is -0.267. The molecule has 0 radical (unpaired) electrons. The summed E-state index contributed by atoms with van der Waals surface area (Å²) in [6.45, 7) is 0. The molecule has 0 saturated heterocycles. The van der Waals surface area contributed by atoms with Crippen LogP contribution in [0.25, 0.3) is 16.9 Å². The summed E-state index contributed by atoms with van der Waals surface area (Å²) in [4.78, 5) is 11.7. The number of nitroso groups, excluding NO2 is 1. The second-order valence-corrected chi connectivity index (χ2v) is 7.41. The van der Waals surface area contributed by atoms with Crippen molar-refractivity contribution in [2.45, 2.75) is 12.5 Å². The molecule has 8 heteroatoms. The predicted octanol–water partition coefficient (Wildman–Crippen LogP) is 5.22. The van der Waals surface area contributed by atoms with Crippen LogP contribution in [0.4, 0.5) is 4.39 Å². The first-order chi connectivity index (χ1) is 15.6. The topological polar surface area (TPSA) is 83.1 Å². The summed E-state index contributed by atoms with van der Waals surface area (Å²) in [7, 11) is 0. The fourth-order valence-electron chi connectivity index (χ4n) is 3.87. The van der Waals surface area contributed by atoms with Gasteiger partial charge in [-0.05, 0) is 48.5 Å². The van der Waals surface area contributed by atoms with Crippen LogP contribution in [0.3, 0.4) is 0 Å². The zero-order valence-electron chi connectivity index (χ0n) is 16.8. The van der Waals surface area contributed by atoms with Crippen LogP contribution in [-0.2, 0) is 0 Å². The number of hydrogen-bond donors (Lipinski definition) is 1. The zero-order valence-corrected chi connectivity index (χ0v) is 16.8. The van der Waals surface area contributed by atoms with E-state index in [1.807, 2.05) is 36.5 Å². The lowest BCUT2D eigenvalue weighted by Crippen LogP contribution is -2.13. The third kappa shape index (κ3) is 3.51. The van der Waals surface area contributed by atoms with Crippen LogP contribution in [-0.4, -0.2) is 25.7 Å². The zero-order chi connectivity index (χ0) is 22.1. The van der Waals surface area contributed by atoms with Crippen molar-refractivity contribution in [2.75, 3.05) is 0 Å². The van der Waals surface area contributed by atoms with Gasteiger partial charge in [0.25, 0.3) is 0 Å². The Kier molecular flexibility index (Phi) is 4.95. The van der Waals surface area contributed by atoms with E-state index in [9.17, 15) is 14.4 Å². The molecule has 32 heavy (non-hydrogen) atoms. The molecule has 0 fully saturated rings. The van der Waals surface area contributed by atoms with E-state index in [1.54, 1.807) is 41.1 Å². The van der Waals surface area contributed by atoms with Gasteiger partial charge in [-0.25, -0.2) is 9.07 Å². The van der Waals surface area contributed by atoms with Crippen molar-refractivity contribution < 1.29 is 9.50 Å². The van der Waals surface area contributed by atoms with Crippen LogP contribution in [0.2, 0.25) is 0 Å². The second-order valence-electron chi connectivity index (χ2n) is 7.41. The van der Waals surface area contributed by atoms with Crippen molar-refractivity contribution >= 4 is 5.71 Å². The standard InChI is InChI=1S/C24H18FN5O2/c25-17-12-10-16(11-13-17)24-20(15-29(27-24)18-6-2-1-3-7-18)22-14-21(26-30(22)28-32)19-8-4-5-9-23(19)31/h1-13,15,22,31H,14H2/t22-/m1/s1. The number of phenols is 1. The molecule has 0 bridgehead atoms. The van der Waals surface area contributed by atoms with E-state index in [-0.39, 0.29) is 11.6 Å². The van der Waals surface area contributed by atoms with Crippen molar-refractivity contribution in [3.8, 4) is 22.7 Å². The molecule has 1 aliphatic heterocycles. The fourth-order valence-corrected chi connectivity index (χ4v) is 3.87. The third-order valence-corrected chi connectivity index (χ3v) is 5.43. The number of para-hydroxylation sites is 2. The van der Waals surface area contributed by atoms with Crippen LogP contribution in [0, 0.1) is 10.7 Å². The average molecular weight is 427 g/mol. The molecule has 1 aromatic heterocycles. The SMILES string of the molecule is O=NN1N=C(c2ccccc2O)C[C@@H]1c1cn(-c2ccccc2)nc1-c1ccc(F)cc1. The van der Waals surface area contributed by atoms with Gasteiger partial charge in [0, 0.05) is 29.3 Å². The van der Waals surface area contributed by atoms with Crippen LogP contribution >= 0.6 is 0 Å². The Morgan fingerprint density at radius 1 is 0.969 bits per heavy atom. The summed E-state index contributed by atoms with van der Waals surface area (Å²) < 4.78 is 15.3. The van der Waals surface area contributed by atoms with Gasteiger partial charge in [0.05, 0.1) is 22.4 Å². The van der Waals surface area contributed by atoms with Gasteiger partial charge in [-0.15, -0.1) is 10.0 Å². The molecule has 0 unspecified atom stereocenters. The van der Waals surface area contributed by atoms with Gasteiger partial charge in [-0.2, -0.15) is 10.2 Å². The number of hydrazone groups is 1. The van der Waals surface area contributed by atoms with E-state index >= 15 is 0 Å². The summed E-state index contributed by atoms with van der Waals surface area (Å²) in [5.41, 5.74) is 3.95.